The van der Waals surface area contributed by atoms with Gasteiger partial charge in [-0.3, -0.25) is 4.99 Å². The van der Waals surface area contributed by atoms with E-state index in [9.17, 15) is 4.79 Å². The minimum atomic E-state index is -0.430. The lowest BCUT2D eigenvalue weighted by molar-refractivity contribution is 0.0201. The Bertz CT molecular complexity index is 361. The quantitative estimate of drug-likeness (QED) is 0.615. The highest BCUT2D eigenvalue weighted by molar-refractivity contribution is 5.83. The van der Waals surface area contributed by atoms with Crippen LogP contribution in [0.25, 0.3) is 0 Å². The predicted molar refractivity (Wildman–Crippen MR) is 75.2 cm³/mol. The summed E-state index contributed by atoms with van der Waals surface area (Å²) in [7, 11) is 0. The predicted octanol–water partition coefficient (Wildman–Crippen LogP) is 2.15. The van der Waals surface area contributed by atoms with Gasteiger partial charge in [0.05, 0.1) is 11.9 Å². The SMILES string of the molecule is CC(C)(C)OC(=O)N1CCC(C(N)=NC2CC2)CC1. The van der Waals surface area contributed by atoms with Gasteiger partial charge in [-0.05, 0) is 46.5 Å². The maximum absolute atomic E-state index is 11.9. The number of nitrogens with two attached hydrogens (primary N) is 1. The summed E-state index contributed by atoms with van der Waals surface area (Å²) < 4.78 is 5.37. The largest absolute Gasteiger partial charge is 0.444 e. The first kappa shape index (κ1) is 14.2. The van der Waals surface area contributed by atoms with Crippen molar-refractivity contribution in [2.24, 2.45) is 16.6 Å². The number of carbonyl (C=O) groups is 1. The van der Waals surface area contributed by atoms with Gasteiger partial charge in [0.2, 0.25) is 0 Å². The van der Waals surface area contributed by atoms with Gasteiger partial charge in [-0.25, -0.2) is 4.79 Å². The summed E-state index contributed by atoms with van der Waals surface area (Å²) in [5, 5.41) is 0. The van der Waals surface area contributed by atoms with Crippen molar-refractivity contribution in [1.29, 1.82) is 0 Å². The van der Waals surface area contributed by atoms with Crippen molar-refractivity contribution in [2.45, 2.75) is 58.1 Å². The van der Waals surface area contributed by atoms with E-state index in [0.717, 1.165) is 18.7 Å². The van der Waals surface area contributed by atoms with Crippen LogP contribution in [-0.2, 0) is 4.74 Å². The lowest BCUT2D eigenvalue weighted by Crippen LogP contribution is -2.44. The van der Waals surface area contributed by atoms with Crippen molar-refractivity contribution in [3.63, 3.8) is 0 Å². The van der Waals surface area contributed by atoms with Gasteiger partial charge in [0, 0.05) is 19.0 Å². The van der Waals surface area contributed by atoms with Crippen molar-refractivity contribution in [2.75, 3.05) is 13.1 Å². The molecule has 2 aliphatic rings. The molecule has 1 aliphatic carbocycles. The van der Waals surface area contributed by atoms with Crippen LogP contribution < -0.4 is 5.73 Å². The normalized spacial score (nSPS) is 22.5. The Morgan fingerprint density at radius 1 is 1.21 bits per heavy atom. The number of aliphatic imine (C=N–C) groups is 1. The van der Waals surface area contributed by atoms with Crippen molar-refractivity contribution < 1.29 is 9.53 Å². The number of piperidine rings is 1. The summed E-state index contributed by atoms with van der Waals surface area (Å²) in [6, 6.07) is 0.476. The van der Waals surface area contributed by atoms with Gasteiger partial charge in [0.15, 0.2) is 0 Å². The summed E-state index contributed by atoms with van der Waals surface area (Å²) in [4.78, 5) is 18.2. The van der Waals surface area contributed by atoms with E-state index in [1.165, 1.54) is 12.8 Å². The van der Waals surface area contributed by atoms with Crippen LogP contribution in [-0.4, -0.2) is 41.6 Å². The minimum absolute atomic E-state index is 0.219. The molecule has 0 spiro atoms. The zero-order valence-corrected chi connectivity index (χ0v) is 12.2. The van der Waals surface area contributed by atoms with E-state index >= 15 is 0 Å². The van der Waals surface area contributed by atoms with Crippen LogP contribution >= 0.6 is 0 Å². The van der Waals surface area contributed by atoms with Crippen LogP contribution in [0.1, 0.15) is 46.5 Å². The molecular weight excluding hydrogens is 242 g/mol. The highest BCUT2D eigenvalue weighted by Crippen LogP contribution is 2.26. The molecule has 1 saturated heterocycles. The molecule has 2 rings (SSSR count). The highest BCUT2D eigenvalue weighted by atomic mass is 16.6. The van der Waals surface area contributed by atoms with E-state index in [-0.39, 0.29) is 6.09 Å². The standard InChI is InChI=1S/C14H25N3O2/c1-14(2,3)19-13(18)17-8-6-10(7-9-17)12(15)16-11-4-5-11/h10-11H,4-9H2,1-3H3,(H2,15,16). The van der Waals surface area contributed by atoms with E-state index in [4.69, 9.17) is 10.5 Å². The molecule has 0 unspecified atom stereocenters. The Morgan fingerprint density at radius 2 is 1.79 bits per heavy atom. The van der Waals surface area contributed by atoms with E-state index in [1.54, 1.807) is 4.90 Å². The zero-order chi connectivity index (χ0) is 14.0. The first-order valence-corrected chi connectivity index (χ1v) is 7.16. The summed E-state index contributed by atoms with van der Waals surface area (Å²) >= 11 is 0. The monoisotopic (exact) mass is 267 g/mol. The molecule has 1 saturated carbocycles. The van der Waals surface area contributed by atoms with E-state index < -0.39 is 5.60 Å². The third kappa shape index (κ3) is 4.40. The second kappa shape index (κ2) is 5.39. The molecule has 0 aromatic rings. The van der Waals surface area contributed by atoms with Crippen LogP contribution in [0.5, 0.6) is 0 Å². The van der Waals surface area contributed by atoms with Crippen molar-refractivity contribution >= 4 is 11.9 Å². The number of amidine groups is 1. The Kier molecular flexibility index (Phi) is 4.02. The number of hydrogen-bond acceptors (Lipinski definition) is 3. The maximum atomic E-state index is 11.9. The lowest BCUT2D eigenvalue weighted by atomic mass is 9.96. The molecule has 5 heteroatoms. The number of amides is 1. The molecule has 2 N–H and O–H groups in total. The highest BCUT2D eigenvalue weighted by Gasteiger charge is 2.29. The number of carbonyl (C=O) groups excluding carboxylic acids is 1. The Hall–Kier alpha value is -1.26. The second-order valence-electron chi connectivity index (χ2n) is 6.53. The topological polar surface area (TPSA) is 67.9 Å². The number of hydrogen-bond donors (Lipinski definition) is 1. The molecule has 1 heterocycles. The van der Waals surface area contributed by atoms with Gasteiger partial charge in [-0.1, -0.05) is 0 Å². The van der Waals surface area contributed by atoms with E-state index in [2.05, 4.69) is 4.99 Å². The molecule has 19 heavy (non-hydrogen) atoms. The summed E-state index contributed by atoms with van der Waals surface area (Å²) in [6.07, 6.45) is 3.92. The summed E-state index contributed by atoms with van der Waals surface area (Å²) in [6.45, 7) is 7.08. The third-order valence-electron chi connectivity index (χ3n) is 3.44. The fourth-order valence-corrected chi connectivity index (χ4v) is 2.20. The molecule has 5 nitrogen and oxygen atoms in total. The van der Waals surface area contributed by atoms with Crippen molar-refractivity contribution in [3.8, 4) is 0 Å². The van der Waals surface area contributed by atoms with Crippen LogP contribution in [0.3, 0.4) is 0 Å². The van der Waals surface area contributed by atoms with Crippen LogP contribution in [0.15, 0.2) is 4.99 Å². The molecule has 2 fully saturated rings. The van der Waals surface area contributed by atoms with Crippen LogP contribution in [0.2, 0.25) is 0 Å². The van der Waals surface area contributed by atoms with Gasteiger partial charge in [0.1, 0.15) is 5.60 Å². The van der Waals surface area contributed by atoms with Gasteiger partial charge < -0.3 is 15.4 Å². The molecule has 1 amide bonds. The number of ether oxygens (including phenoxy) is 1. The van der Waals surface area contributed by atoms with Gasteiger partial charge in [-0.15, -0.1) is 0 Å². The van der Waals surface area contributed by atoms with E-state index in [0.29, 0.717) is 25.0 Å². The molecule has 0 aromatic heterocycles. The molecule has 0 aromatic carbocycles. The van der Waals surface area contributed by atoms with Crippen molar-refractivity contribution in [1.82, 2.24) is 4.90 Å². The first-order chi connectivity index (χ1) is 8.85. The molecule has 0 radical (unpaired) electrons. The fraction of sp³-hybridized carbons (Fsp3) is 0.857. The molecule has 0 atom stereocenters. The van der Waals surface area contributed by atoms with Gasteiger partial charge >= 0.3 is 6.09 Å². The molecular formula is C14H25N3O2. The smallest absolute Gasteiger partial charge is 0.410 e. The van der Waals surface area contributed by atoms with E-state index in [1.807, 2.05) is 20.8 Å². The molecule has 0 bridgehead atoms. The van der Waals surface area contributed by atoms with Gasteiger partial charge in [0.25, 0.3) is 0 Å². The number of nitrogens with zero attached hydrogens (tertiary/aromatic N) is 2. The maximum Gasteiger partial charge on any atom is 0.410 e. The second-order valence-corrected chi connectivity index (χ2v) is 6.53. The zero-order valence-electron chi connectivity index (χ0n) is 12.2. The average Bonchev–Trinajstić information content (AvgIpc) is 3.11. The summed E-state index contributed by atoms with van der Waals surface area (Å²) in [5.74, 6) is 1.12. The van der Waals surface area contributed by atoms with Crippen molar-refractivity contribution in [3.05, 3.63) is 0 Å². The third-order valence-corrected chi connectivity index (χ3v) is 3.44. The molecule has 108 valence electrons. The van der Waals surface area contributed by atoms with Gasteiger partial charge in [-0.2, -0.15) is 0 Å². The Labute approximate surface area is 115 Å². The Morgan fingerprint density at radius 3 is 2.26 bits per heavy atom. The first-order valence-electron chi connectivity index (χ1n) is 7.16. The molecule has 1 aliphatic heterocycles. The minimum Gasteiger partial charge on any atom is -0.444 e. The summed E-state index contributed by atoms with van der Waals surface area (Å²) in [5.41, 5.74) is 5.60. The lowest BCUT2D eigenvalue weighted by Gasteiger charge is -2.33. The Balaban J connectivity index is 1.80. The average molecular weight is 267 g/mol. The number of likely N-dealkylation sites (tertiary alicyclic amines) is 1. The fourth-order valence-electron chi connectivity index (χ4n) is 2.20. The van der Waals surface area contributed by atoms with Crippen LogP contribution in [0, 0.1) is 5.92 Å². The number of rotatable bonds is 2. The van der Waals surface area contributed by atoms with Crippen LogP contribution in [0.4, 0.5) is 4.79 Å².